The first kappa shape index (κ1) is 135. The van der Waals surface area contributed by atoms with E-state index in [9.17, 15) is 52.7 Å². The molecule has 1 amide bonds. The molecule has 0 radical (unpaired) electrons. The summed E-state index contributed by atoms with van der Waals surface area (Å²) in [6, 6.07) is 6.58. The second-order valence-corrected chi connectivity index (χ2v) is 18.8. The molecule has 0 saturated carbocycles. The van der Waals surface area contributed by atoms with Gasteiger partial charge in [-0.15, -0.1) is 0 Å². The summed E-state index contributed by atoms with van der Waals surface area (Å²) in [5, 5.41) is 8.36. The van der Waals surface area contributed by atoms with Gasteiger partial charge in [0.15, 0.2) is 5.78 Å². The Kier molecular flexibility index (Phi) is 174. The molecule has 1 N–H and O–H groups in total. The Hall–Kier alpha value is -5.69. The average molecular weight is 1340 g/mol. The summed E-state index contributed by atoms with van der Waals surface area (Å²) in [7, 11) is 8.91. The summed E-state index contributed by atoms with van der Waals surface area (Å²) < 4.78 is 26.2. The standard InChI is InChI=1S/C10H10O3.C7H14O.C6H12O2.C5H9NO.C5H10O.C4H8O2.C4H10O.2C3H6O2.C3H8O.2C3H6O.C3H8.7C2H6/c1-7(11)8-5-3-4-6-9(8)10(12)13-2;1-6(8)5-7(2,3)4;1-6(2,3)5(7)8-4;1-6-4-2-3-5(6)7;1-3-4-5(2)6;1-3-6-4(2)5;1-3-4(2)5;2*1-3(4)5-2;1-3-4-2;2*1-3(2)4;1-3-2;7*1-2/h3-6H,1-2H3;5H2,1-4H3;1-4H3;2-4H2,1H3;3-4H2,1-2H3;3H2,1-2H3;4-5H,3H2,1-2H3;2*1-2H3;3H2,1-2H3;2*1-2H3;3H2,1-2H3;7*1-2H3. The number of benzene rings is 1. The van der Waals surface area contributed by atoms with Gasteiger partial charge in [0, 0.05) is 72.9 Å². The van der Waals surface area contributed by atoms with E-state index in [1.807, 2.05) is 146 Å². The largest absolute Gasteiger partial charge is 0.469 e. The minimum atomic E-state index is -0.481. The van der Waals surface area contributed by atoms with Crippen molar-refractivity contribution in [3.63, 3.8) is 0 Å². The van der Waals surface area contributed by atoms with Gasteiger partial charge in [-0.1, -0.05) is 170 Å². The number of esters is 5. The maximum absolute atomic E-state index is 11.2. The van der Waals surface area contributed by atoms with Gasteiger partial charge < -0.3 is 57.6 Å². The molecule has 1 fully saturated rings. The van der Waals surface area contributed by atoms with Crippen LogP contribution in [0.5, 0.6) is 0 Å². The van der Waals surface area contributed by atoms with Crippen LogP contribution in [0, 0.1) is 10.8 Å². The average Bonchev–Trinajstić information content (AvgIpc) is 3.89. The number of aliphatic hydroxyl groups is 1. The Bertz CT molecular complexity index is 1630. The number of ether oxygens (including phenoxy) is 6. The molecule has 1 unspecified atom stereocenters. The van der Waals surface area contributed by atoms with Crippen LogP contribution in [-0.2, 0) is 71.6 Å². The Morgan fingerprint density at radius 3 is 0.891 bits per heavy atom. The maximum Gasteiger partial charge on any atom is 0.338 e. The zero-order valence-corrected chi connectivity index (χ0v) is 68.3. The fraction of sp³-hybridized carbons (Fsp3) is 0.767. The molecule has 0 aromatic heterocycles. The molecule has 2 rings (SSSR count). The summed E-state index contributed by atoms with van der Waals surface area (Å²) in [5.74, 6) is -0.299. The van der Waals surface area contributed by atoms with Crippen LogP contribution in [0.25, 0.3) is 0 Å². The van der Waals surface area contributed by atoms with Crippen molar-refractivity contribution in [1.29, 1.82) is 0 Å². The molecule has 0 aliphatic carbocycles. The maximum atomic E-state index is 11.2. The number of likely N-dealkylation sites (tertiary alicyclic amines) is 1. The molecule has 1 aromatic carbocycles. The van der Waals surface area contributed by atoms with Gasteiger partial charge in [0.1, 0.15) is 23.1 Å². The van der Waals surface area contributed by atoms with Gasteiger partial charge in [-0.3, -0.25) is 28.8 Å². The number of carbonyl (C=O) groups excluding carboxylic acids is 11. The lowest BCUT2D eigenvalue weighted by Crippen LogP contribution is -2.21. The van der Waals surface area contributed by atoms with Crippen LogP contribution in [0.4, 0.5) is 0 Å². The number of amides is 1. The number of ketones is 5. The number of nitrogens with zero attached hydrogens (tertiary/aromatic N) is 1. The first-order valence-electron chi connectivity index (χ1n) is 32.8. The molecule has 19 heteroatoms. The van der Waals surface area contributed by atoms with Crippen LogP contribution in [0.15, 0.2) is 24.3 Å². The minimum absolute atomic E-state index is 0.116. The second kappa shape index (κ2) is 119. The highest BCUT2D eigenvalue weighted by atomic mass is 16.5. The number of carbonyl (C=O) groups is 11. The van der Waals surface area contributed by atoms with E-state index in [-0.39, 0.29) is 69.7 Å². The second-order valence-electron chi connectivity index (χ2n) is 18.8. The summed E-state index contributed by atoms with van der Waals surface area (Å²) in [4.78, 5) is 114. The minimum Gasteiger partial charge on any atom is -0.469 e. The number of Topliss-reactive ketones (excluding diaryl/α,β-unsaturated/α-hetero) is 5. The quantitative estimate of drug-likeness (QED) is 0.144. The molecule has 19 nitrogen and oxygen atoms in total. The van der Waals surface area contributed by atoms with E-state index in [4.69, 9.17) is 5.11 Å². The Morgan fingerprint density at radius 2 is 0.815 bits per heavy atom. The molecule has 0 spiro atoms. The number of aliphatic hydroxyl groups excluding tert-OH is 1. The number of hydrogen-bond donors (Lipinski definition) is 1. The predicted molar refractivity (Wildman–Crippen MR) is 392 cm³/mol. The van der Waals surface area contributed by atoms with Crippen molar-refractivity contribution in [2.24, 2.45) is 10.8 Å². The summed E-state index contributed by atoms with van der Waals surface area (Å²) >= 11 is 0. The Balaban J connectivity index is -0.0000000403. The molecular weight excluding hydrogens is 1180 g/mol. The summed E-state index contributed by atoms with van der Waals surface area (Å²) in [6.07, 6.45) is 6.21. The van der Waals surface area contributed by atoms with E-state index < -0.39 is 5.97 Å². The monoisotopic (exact) mass is 1330 g/mol. The molecule has 1 aliphatic heterocycles. The molecule has 1 saturated heterocycles. The van der Waals surface area contributed by atoms with Crippen molar-refractivity contribution >= 4 is 64.7 Å². The number of hydrogen-bond acceptors (Lipinski definition) is 18. The normalized spacial score (nSPS) is 9.04. The van der Waals surface area contributed by atoms with Crippen molar-refractivity contribution in [2.45, 2.75) is 307 Å². The summed E-state index contributed by atoms with van der Waals surface area (Å²) in [5.41, 5.74) is 0.535. The van der Waals surface area contributed by atoms with E-state index in [1.165, 1.54) is 90.2 Å². The number of rotatable bonds is 8. The molecule has 1 aromatic rings. The molecule has 560 valence electrons. The fourth-order valence-electron chi connectivity index (χ4n) is 3.47. The molecule has 1 aliphatic rings. The topological polar surface area (TPSA) is 267 Å². The van der Waals surface area contributed by atoms with Crippen molar-refractivity contribution < 1.29 is 86.3 Å². The van der Waals surface area contributed by atoms with Gasteiger partial charge in [0.05, 0.1) is 52.1 Å². The van der Waals surface area contributed by atoms with Crippen LogP contribution < -0.4 is 0 Å². The predicted octanol–water partition coefficient (Wildman–Crippen LogP) is 18.7. The fourth-order valence-corrected chi connectivity index (χ4v) is 3.47. The third kappa shape index (κ3) is 222. The van der Waals surface area contributed by atoms with E-state index in [1.54, 1.807) is 64.0 Å². The van der Waals surface area contributed by atoms with Crippen LogP contribution in [0.1, 0.15) is 322 Å². The van der Waals surface area contributed by atoms with E-state index in [0.29, 0.717) is 30.1 Å². The van der Waals surface area contributed by atoms with Crippen LogP contribution in [0.2, 0.25) is 0 Å². The molecule has 0 bridgehead atoms. The smallest absolute Gasteiger partial charge is 0.338 e. The highest BCUT2D eigenvalue weighted by Crippen LogP contribution is 2.18. The molecule has 1 atom stereocenters. The van der Waals surface area contributed by atoms with Crippen molar-refractivity contribution in [1.82, 2.24) is 4.90 Å². The van der Waals surface area contributed by atoms with Gasteiger partial charge in [-0.2, -0.15) is 0 Å². The van der Waals surface area contributed by atoms with Gasteiger partial charge in [0.25, 0.3) is 0 Å². The Morgan fingerprint density at radius 1 is 0.522 bits per heavy atom. The zero-order valence-electron chi connectivity index (χ0n) is 68.3. The van der Waals surface area contributed by atoms with Gasteiger partial charge in [0.2, 0.25) is 5.91 Å². The third-order valence-corrected chi connectivity index (χ3v) is 7.00. The van der Waals surface area contributed by atoms with E-state index in [2.05, 4.69) is 63.0 Å². The first-order chi connectivity index (χ1) is 42.5. The highest BCUT2D eigenvalue weighted by molar-refractivity contribution is 6.05. The molecular formula is C73H155NO18. The van der Waals surface area contributed by atoms with Crippen molar-refractivity contribution in [3.05, 3.63) is 35.4 Å². The molecule has 1 heterocycles. The lowest BCUT2D eigenvalue weighted by Gasteiger charge is -2.14. The first-order valence-corrected chi connectivity index (χ1v) is 32.8. The highest BCUT2D eigenvalue weighted by Gasteiger charge is 2.21. The lowest BCUT2D eigenvalue weighted by atomic mass is 9.91. The Labute approximate surface area is 569 Å². The van der Waals surface area contributed by atoms with Crippen molar-refractivity contribution in [2.75, 3.05) is 62.4 Å². The van der Waals surface area contributed by atoms with Gasteiger partial charge >= 0.3 is 29.8 Å². The van der Waals surface area contributed by atoms with Crippen LogP contribution >= 0.6 is 0 Å². The summed E-state index contributed by atoms with van der Waals surface area (Å²) in [6.45, 7) is 70.5. The van der Waals surface area contributed by atoms with Gasteiger partial charge in [-0.05, 0) is 121 Å². The van der Waals surface area contributed by atoms with Gasteiger partial charge in [-0.25, -0.2) is 4.79 Å². The number of methoxy groups -OCH3 is 5. The lowest BCUT2D eigenvalue weighted by molar-refractivity contribution is -0.149. The van der Waals surface area contributed by atoms with Crippen molar-refractivity contribution in [3.8, 4) is 0 Å². The third-order valence-electron chi connectivity index (χ3n) is 7.00. The van der Waals surface area contributed by atoms with Crippen LogP contribution in [-0.4, -0.2) is 143 Å². The zero-order chi connectivity index (χ0) is 78.8. The SMILES string of the molecule is CC.CC.CC.CC.CC.CC.CC.CC(=O)CC(C)(C)C.CC(C)=O.CC(C)=O.CCC.CCC(C)O.CCCC(C)=O.CCOC.CCOC(C)=O.CN1CCCC1=O.COC(=O)C(C)(C)C.COC(=O)c1ccccc1C(C)=O.COC(C)=O.COC(C)=O. The van der Waals surface area contributed by atoms with E-state index >= 15 is 0 Å². The van der Waals surface area contributed by atoms with E-state index in [0.717, 1.165) is 45.3 Å². The molecule has 92 heavy (non-hydrogen) atoms. The van der Waals surface area contributed by atoms with Crippen LogP contribution in [0.3, 0.4) is 0 Å².